The average molecular weight is 167 g/mol. The van der Waals surface area contributed by atoms with E-state index in [2.05, 4.69) is 4.98 Å². The molecule has 0 aliphatic heterocycles. The van der Waals surface area contributed by atoms with E-state index in [0.717, 1.165) is 0 Å². The molecule has 12 heavy (non-hydrogen) atoms. The zero-order valence-electron chi connectivity index (χ0n) is 7.71. The molecule has 0 saturated carbocycles. The summed E-state index contributed by atoms with van der Waals surface area (Å²) >= 11 is 0. The van der Waals surface area contributed by atoms with E-state index < -0.39 is 6.17 Å². The quantitative estimate of drug-likeness (QED) is 0.626. The van der Waals surface area contributed by atoms with Crippen molar-refractivity contribution in [1.82, 2.24) is 4.98 Å². The zero-order valence-corrected chi connectivity index (χ0v) is 7.71. The van der Waals surface area contributed by atoms with Crippen LogP contribution in [0.1, 0.15) is 32.5 Å². The van der Waals surface area contributed by atoms with E-state index in [9.17, 15) is 4.39 Å². The largest absolute Gasteiger partial charge is 0.264 e. The summed E-state index contributed by atoms with van der Waals surface area (Å²) in [5, 5.41) is 0. The summed E-state index contributed by atoms with van der Waals surface area (Å²) in [4.78, 5) is 3.88. The summed E-state index contributed by atoms with van der Waals surface area (Å²) in [6.45, 7) is 5.64. The van der Waals surface area contributed by atoms with Crippen molar-refractivity contribution in [1.29, 1.82) is 0 Å². The predicted octanol–water partition coefficient (Wildman–Crippen LogP) is 3.14. The number of alkyl halides is 1. The van der Waals surface area contributed by atoms with Gasteiger partial charge in [-0.05, 0) is 11.5 Å². The summed E-state index contributed by atoms with van der Waals surface area (Å²) in [5.74, 6) is 0. The number of hydrogen-bond donors (Lipinski definition) is 0. The minimum absolute atomic E-state index is 0.344. The molecular formula is C10H14FN. The lowest BCUT2D eigenvalue weighted by atomic mass is 9.87. The van der Waals surface area contributed by atoms with Gasteiger partial charge in [0.2, 0.25) is 0 Å². The highest BCUT2D eigenvalue weighted by Crippen LogP contribution is 2.35. The van der Waals surface area contributed by atoms with E-state index in [-0.39, 0.29) is 5.41 Å². The van der Waals surface area contributed by atoms with Gasteiger partial charge in [-0.25, -0.2) is 4.39 Å². The standard InChI is InChI=1S/C10H14FN/c1-10(2,3)9(11)8-5-4-6-12-7-8/h4-7,9H,1-3H3. The summed E-state index contributed by atoms with van der Waals surface area (Å²) in [6, 6.07) is 3.52. The molecule has 0 spiro atoms. The molecule has 0 radical (unpaired) electrons. The molecule has 2 heteroatoms. The van der Waals surface area contributed by atoms with Crippen LogP contribution in [0.4, 0.5) is 4.39 Å². The van der Waals surface area contributed by atoms with Gasteiger partial charge < -0.3 is 0 Å². The van der Waals surface area contributed by atoms with Crippen LogP contribution in [0.3, 0.4) is 0 Å². The molecule has 0 fully saturated rings. The molecule has 1 nitrogen and oxygen atoms in total. The molecule has 0 aliphatic carbocycles. The highest BCUT2D eigenvalue weighted by molar-refractivity contribution is 5.13. The van der Waals surface area contributed by atoms with E-state index >= 15 is 0 Å². The third-order valence-corrected chi connectivity index (χ3v) is 1.74. The van der Waals surface area contributed by atoms with Gasteiger partial charge in [0.1, 0.15) is 6.17 Å². The van der Waals surface area contributed by atoms with Crippen molar-refractivity contribution in [3.8, 4) is 0 Å². The fourth-order valence-corrected chi connectivity index (χ4v) is 1.03. The summed E-state index contributed by atoms with van der Waals surface area (Å²) < 4.78 is 13.6. The van der Waals surface area contributed by atoms with Crippen molar-refractivity contribution in [3.63, 3.8) is 0 Å². The van der Waals surface area contributed by atoms with Crippen LogP contribution in [0.2, 0.25) is 0 Å². The van der Waals surface area contributed by atoms with Crippen LogP contribution in [0.15, 0.2) is 24.5 Å². The van der Waals surface area contributed by atoms with Crippen LogP contribution in [-0.4, -0.2) is 4.98 Å². The highest BCUT2D eigenvalue weighted by atomic mass is 19.1. The zero-order chi connectivity index (χ0) is 9.19. The Morgan fingerprint density at radius 3 is 2.50 bits per heavy atom. The Bertz CT molecular complexity index is 238. The number of nitrogens with zero attached hydrogens (tertiary/aromatic N) is 1. The van der Waals surface area contributed by atoms with Gasteiger partial charge in [0.15, 0.2) is 0 Å². The van der Waals surface area contributed by atoms with Gasteiger partial charge in [0.05, 0.1) is 0 Å². The van der Waals surface area contributed by atoms with E-state index in [0.29, 0.717) is 5.56 Å². The normalized spacial score (nSPS) is 14.3. The summed E-state index contributed by atoms with van der Waals surface area (Å²) in [6.07, 6.45) is 2.29. The van der Waals surface area contributed by atoms with Crippen LogP contribution in [0, 0.1) is 5.41 Å². The minimum atomic E-state index is -0.939. The van der Waals surface area contributed by atoms with Gasteiger partial charge in [-0.1, -0.05) is 26.8 Å². The maximum Gasteiger partial charge on any atom is 0.131 e. The smallest absolute Gasteiger partial charge is 0.131 e. The molecule has 1 unspecified atom stereocenters. The first-order valence-electron chi connectivity index (χ1n) is 4.06. The summed E-state index contributed by atoms with van der Waals surface area (Å²) in [5.41, 5.74) is 0.313. The number of aromatic nitrogens is 1. The topological polar surface area (TPSA) is 12.9 Å². The molecular weight excluding hydrogens is 153 g/mol. The molecule has 66 valence electrons. The van der Waals surface area contributed by atoms with Gasteiger partial charge in [0, 0.05) is 18.0 Å². The van der Waals surface area contributed by atoms with Gasteiger partial charge in [0.25, 0.3) is 0 Å². The first kappa shape index (κ1) is 9.17. The van der Waals surface area contributed by atoms with E-state index in [4.69, 9.17) is 0 Å². The Labute approximate surface area is 72.6 Å². The lowest BCUT2D eigenvalue weighted by Gasteiger charge is -2.23. The summed E-state index contributed by atoms with van der Waals surface area (Å²) in [7, 11) is 0. The third kappa shape index (κ3) is 2.03. The van der Waals surface area contributed by atoms with Crippen LogP contribution in [0.25, 0.3) is 0 Å². The van der Waals surface area contributed by atoms with Gasteiger partial charge >= 0.3 is 0 Å². The van der Waals surface area contributed by atoms with Gasteiger partial charge in [-0.2, -0.15) is 0 Å². The maximum absolute atomic E-state index is 13.6. The van der Waals surface area contributed by atoms with Gasteiger partial charge in [-0.15, -0.1) is 0 Å². The predicted molar refractivity (Wildman–Crippen MR) is 47.5 cm³/mol. The molecule has 1 atom stereocenters. The van der Waals surface area contributed by atoms with Crippen LogP contribution < -0.4 is 0 Å². The van der Waals surface area contributed by atoms with E-state index in [1.54, 1.807) is 24.5 Å². The van der Waals surface area contributed by atoms with Crippen molar-refractivity contribution >= 4 is 0 Å². The van der Waals surface area contributed by atoms with Crippen molar-refractivity contribution in [3.05, 3.63) is 30.1 Å². The maximum atomic E-state index is 13.6. The number of rotatable bonds is 1. The number of hydrogen-bond acceptors (Lipinski definition) is 1. The molecule has 1 aromatic rings. The fourth-order valence-electron chi connectivity index (χ4n) is 1.03. The molecule has 0 N–H and O–H groups in total. The molecule has 0 aromatic carbocycles. The first-order valence-corrected chi connectivity index (χ1v) is 4.06. The number of pyridine rings is 1. The average Bonchev–Trinajstić information content (AvgIpc) is 2.03. The number of halogens is 1. The Hall–Kier alpha value is -0.920. The molecule has 1 rings (SSSR count). The Balaban J connectivity index is 2.86. The molecule has 0 aliphatic rings. The lowest BCUT2D eigenvalue weighted by molar-refractivity contribution is 0.164. The second-order valence-electron chi connectivity index (χ2n) is 4.01. The second-order valence-corrected chi connectivity index (χ2v) is 4.01. The Morgan fingerprint density at radius 2 is 2.08 bits per heavy atom. The second kappa shape index (κ2) is 3.21. The van der Waals surface area contributed by atoms with Crippen LogP contribution in [-0.2, 0) is 0 Å². The molecule has 1 heterocycles. The molecule has 0 amide bonds. The fraction of sp³-hybridized carbons (Fsp3) is 0.500. The monoisotopic (exact) mass is 167 g/mol. The van der Waals surface area contributed by atoms with Crippen LogP contribution >= 0.6 is 0 Å². The molecule has 1 aromatic heterocycles. The van der Waals surface area contributed by atoms with Crippen molar-refractivity contribution in [2.75, 3.05) is 0 Å². The lowest BCUT2D eigenvalue weighted by Crippen LogP contribution is -2.14. The first-order chi connectivity index (χ1) is 5.52. The van der Waals surface area contributed by atoms with Crippen molar-refractivity contribution < 1.29 is 4.39 Å². The Morgan fingerprint density at radius 1 is 1.42 bits per heavy atom. The van der Waals surface area contributed by atoms with E-state index in [1.165, 1.54) is 0 Å². The van der Waals surface area contributed by atoms with Gasteiger partial charge in [-0.3, -0.25) is 4.98 Å². The van der Waals surface area contributed by atoms with Crippen molar-refractivity contribution in [2.45, 2.75) is 26.9 Å². The van der Waals surface area contributed by atoms with Crippen LogP contribution in [0.5, 0.6) is 0 Å². The third-order valence-electron chi connectivity index (χ3n) is 1.74. The highest BCUT2D eigenvalue weighted by Gasteiger charge is 2.25. The van der Waals surface area contributed by atoms with E-state index in [1.807, 2.05) is 20.8 Å². The molecule has 0 saturated heterocycles. The molecule has 0 bridgehead atoms. The van der Waals surface area contributed by atoms with Crippen molar-refractivity contribution in [2.24, 2.45) is 5.41 Å². The minimum Gasteiger partial charge on any atom is -0.264 e. The SMILES string of the molecule is CC(C)(C)C(F)c1cccnc1. The Kier molecular flexibility index (Phi) is 2.46.